The molecule has 1 unspecified atom stereocenters. The van der Waals surface area contributed by atoms with E-state index < -0.39 is 6.36 Å². The molecule has 0 saturated carbocycles. The summed E-state index contributed by atoms with van der Waals surface area (Å²) < 4.78 is 45.8. The summed E-state index contributed by atoms with van der Waals surface area (Å²) in [4.78, 5) is 4.13. The molecule has 0 spiro atoms. The number of ether oxygens (including phenoxy) is 2. The molecule has 4 N–H and O–H groups in total. The van der Waals surface area contributed by atoms with Crippen LogP contribution in [0.3, 0.4) is 0 Å². The molecule has 0 fully saturated rings. The lowest BCUT2D eigenvalue weighted by molar-refractivity contribution is -0.274. The minimum absolute atomic E-state index is 0.0798. The Labute approximate surface area is 120 Å². The zero-order valence-corrected chi connectivity index (χ0v) is 11.6. The summed E-state index contributed by atoms with van der Waals surface area (Å²) in [5, 5.41) is 2.64. The van der Waals surface area contributed by atoms with E-state index in [2.05, 4.69) is 20.5 Å². The average molecular weight is 306 g/mol. The molecule has 0 saturated heterocycles. The largest absolute Gasteiger partial charge is 0.573 e. The van der Waals surface area contributed by atoms with Crippen molar-refractivity contribution in [2.75, 3.05) is 19.0 Å². The average Bonchev–Trinajstić information content (AvgIpc) is 2.38. The highest BCUT2D eigenvalue weighted by molar-refractivity contribution is 5.94. The van der Waals surface area contributed by atoms with Crippen LogP contribution in [-0.4, -0.2) is 32.1 Å². The molecule has 9 heteroatoms. The van der Waals surface area contributed by atoms with Gasteiger partial charge in [-0.15, -0.1) is 13.2 Å². The fourth-order valence-corrected chi connectivity index (χ4v) is 1.52. The minimum atomic E-state index is -4.78. The molecule has 0 aliphatic carbocycles. The lowest BCUT2D eigenvalue weighted by Gasteiger charge is -2.16. The monoisotopic (exact) mass is 306 g/mol. The van der Waals surface area contributed by atoms with Crippen LogP contribution in [0.5, 0.6) is 5.75 Å². The van der Waals surface area contributed by atoms with E-state index in [9.17, 15) is 13.2 Å². The number of benzene rings is 1. The first-order valence-electron chi connectivity index (χ1n) is 6.01. The fourth-order valence-electron chi connectivity index (χ4n) is 1.52. The van der Waals surface area contributed by atoms with Crippen LogP contribution < -0.4 is 21.3 Å². The zero-order valence-electron chi connectivity index (χ0n) is 11.6. The maximum absolute atomic E-state index is 12.3. The van der Waals surface area contributed by atoms with E-state index >= 15 is 0 Å². The Bertz CT molecular complexity index is 480. The smallest absolute Gasteiger partial charge is 0.404 e. The number of aliphatic imine (C=N–C) groups is 1. The molecule has 1 aromatic carbocycles. The molecule has 0 heterocycles. The number of methoxy groups -OCH3 is 1. The van der Waals surface area contributed by atoms with Crippen LogP contribution >= 0.6 is 0 Å². The Kier molecular flexibility index (Phi) is 6.25. The van der Waals surface area contributed by atoms with Crippen molar-refractivity contribution in [3.8, 4) is 5.75 Å². The number of alkyl halides is 3. The molecular weight excluding hydrogens is 289 g/mol. The number of hydrogen-bond donors (Lipinski definition) is 3. The Morgan fingerprint density at radius 2 is 2.05 bits per heavy atom. The lowest BCUT2D eigenvalue weighted by Crippen LogP contribution is -2.37. The molecule has 0 amide bonds. The van der Waals surface area contributed by atoms with Gasteiger partial charge in [0.2, 0.25) is 5.96 Å². The van der Waals surface area contributed by atoms with Crippen molar-refractivity contribution >= 4 is 11.6 Å². The Hall–Kier alpha value is -2.00. The Morgan fingerprint density at radius 1 is 1.38 bits per heavy atom. The highest BCUT2D eigenvalue weighted by atomic mass is 19.4. The van der Waals surface area contributed by atoms with Gasteiger partial charge in [-0.25, -0.2) is 10.8 Å². The molecule has 0 bridgehead atoms. The van der Waals surface area contributed by atoms with Gasteiger partial charge in [0.15, 0.2) is 5.75 Å². The van der Waals surface area contributed by atoms with Crippen LogP contribution in [0.4, 0.5) is 18.9 Å². The van der Waals surface area contributed by atoms with E-state index in [-0.39, 0.29) is 23.4 Å². The second kappa shape index (κ2) is 7.70. The standard InChI is InChI=1S/C12H17F3N4O2/c1-8(7-20-2)17-11(19-16)18-9-5-3-4-6-10(9)21-12(13,14)15/h3-6,8H,7,16H2,1-2H3,(H2,17,18,19). The van der Waals surface area contributed by atoms with Crippen molar-refractivity contribution in [2.24, 2.45) is 10.8 Å². The second-order valence-corrected chi connectivity index (χ2v) is 4.10. The first-order valence-corrected chi connectivity index (χ1v) is 6.01. The maximum Gasteiger partial charge on any atom is 0.573 e. The lowest BCUT2D eigenvalue weighted by atomic mass is 10.3. The third-order valence-corrected chi connectivity index (χ3v) is 2.26. The number of halogens is 3. The van der Waals surface area contributed by atoms with E-state index in [4.69, 9.17) is 10.6 Å². The van der Waals surface area contributed by atoms with Crippen LogP contribution in [0, 0.1) is 0 Å². The van der Waals surface area contributed by atoms with Crippen LogP contribution in [0.25, 0.3) is 0 Å². The number of para-hydroxylation sites is 2. The summed E-state index contributed by atoms with van der Waals surface area (Å²) in [5.41, 5.74) is 2.36. The number of nitrogens with zero attached hydrogens (tertiary/aromatic N) is 1. The zero-order chi connectivity index (χ0) is 15.9. The number of anilines is 1. The summed E-state index contributed by atoms with van der Waals surface area (Å²) in [6, 6.07) is 5.34. The van der Waals surface area contributed by atoms with Crippen molar-refractivity contribution in [1.29, 1.82) is 0 Å². The number of hydrazine groups is 1. The molecule has 6 nitrogen and oxygen atoms in total. The third kappa shape index (κ3) is 6.32. The van der Waals surface area contributed by atoms with Crippen LogP contribution in [0.1, 0.15) is 6.92 Å². The maximum atomic E-state index is 12.3. The van der Waals surface area contributed by atoms with Crippen LogP contribution in [0.2, 0.25) is 0 Å². The Morgan fingerprint density at radius 3 is 2.62 bits per heavy atom. The normalized spacial score (nSPS) is 13.7. The molecule has 118 valence electrons. The van der Waals surface area contributed by atoms with Crippen molar-refractivity contribution < 1.29 is 22.6 Å². The molecule has 1 rings (SSSR count). The van der Waals surface area contributed by atoms with E-state index in [0.29, 0.717) is 6.61 Å². The summed E-state index contributed by atoms with van der Waals surface area (Å²) in [5.74, 6) is 5.01. The molecular formula is C12H17F3N4O2. The first kappa shape index (κ1) is 17.1. The van der Waals surface area contributed by atoms with Gasteiger partial charge in [0, 0.05) is 7.11 Å². The predicted molar refractivity (Wildman–Crippen MR) is 72.8 cm³/mol. The third-order valence-electron chi connectivity index (χ3n) is 2.26. The van der Waals surface area contributed by atoms with Gasteiger partial charge >= 0.3 is 6.36 Å². The summed E-state index contributed by atoms with van der Waals surface area (Å²) >= 11 is 0. The van der Waals surface area contributed by atoms with E-state index in [1.165, 1.54) is 25.3 Å². The molecule has 1 aromatic rings. The van der Waals surface area contributed by atoms with Crippen LogP contribution in [0.15, 0.2) is 29.3 Å². The van der Waals surface area contributed by atoms with Gasteiger partial charge in [-0.2, -0.15) is 0 Å². The minimum Gasteiger partial charge on any atom is -0.404 e. The van der Waals surface area contributed by atoms with Crippen molar-refractivity contribution in [3.63, 3.8) is 0 Å². The number of guanidine groups is 1. The second-order valence-electron chi connectivity index (χ2n) is 4.10. The highest BCUT2D eigenvalue weighted by Gasteiger charge is 2.32. The SMILES string of the molecule is COCC(C)N=C(NN)Nc1ccccc1OC(F)(F)F. The van der Waals surface area contributed by atoms with Gasteiger partial charge in [0.05, 0.1) is 18.3 Å². The van der Waals surface area contributed by atoms with Crippen molar-refractivity contribution in [2.45, 2.75) is 19.3 Å². The number of nitrogens with one attached hydrogen (secondary N) is 2. The molecule has 0 aromatic heterocycles. The molecule has 21 heavy (non-hydrogen) atoms. The number of hydrogen-bond acceptors (Lipinski definition) is 4. The summed E-state index contributed by atoms with van der Waals surface area (Å²) in [6.45, 7) is 2.11. The van der Waals surface area contributed by atoms with Crippen molar-refractivity contribution in [1.82, 2.24) is 5.43 Å². The van der Waals surface area contributed by atoms with Gasteiger partial charge in [-0.1, -0.05) is 12.1 Å². The van der Waals surface area contributed by atoms with Gasteiger partial charge < -0.3 is 14.8 Å². The van der Waals surface area contributed by atoms with E-state index in [0.717, 1.165) is 0 Å². The summed E-state index contributed by atoms with van der Waals surface area (Å²) in [6.07, 6.45) is -4.78. The van der Waals surface area contributed by atoms with Gasteiger partial charge in [-0.05, 0) is 19.1 Å². The van der Waals surface area contributed by atoms with Gasteiger partial charge in [0.1, 0.15) is 0 Å². The number of rotatable bonds is 5. The van der Waals surface area contributed by atoms with Gasteiger partial charge in [-0.3, -0.25) is 5.43 Å². The quantitative estimate of drug-likeness (QED) is 0.335. The first-order chi connectivity index (χ1) is 9.85. The predicted octanol–water partition coefficient (Wildman–Crippen LogP) is 1.85. The number of nitrogens with two attached hydrogens (primary N) is 1. The van der Waals surface area contributed by atoms with E-state index in [1.54, 1.807) is 13.0 Å². The summed E-state index contributed by atoms with van der Waals surface area (Å²) in [7, 11) is 1.52. The topological polar surface area (TPSA) is 80.9 Å². The molecule has 1 atom stereocenters. The molecule has 0 radical (unpaired) electrons. The van der Waals surface area contributed by atoms with E-state index in [1.807, 2.05) is 0 Å². The molecule has 0 aliphatic rings. The molecule has 0 aliphatic heterocycles. The van der Waals surface area contributed by atoms with Crippen molar-refractivity contribution in [3.05, 3.63) is 24.3 Å². The van der Waals surface area contributed by atoms with Crippen LogP contribution in [-0.2, 0) is 4.74 Å². The fraction of sp³-hybridized carbons (Fsp3) is 0.417. The highest BCUT2D eigenvalue weighted by Crippen LogP contribution is 2.29. The Balaban J connectivity index is 2.90. The van der Waals surface area contributed by atoms with Gasteiger partial charge in [0.25, 0.3) is 0 Å².